The molecule has 0 saturated carbocycles. The van der Waals surface area contributed by atoms with Crippen LogP contribution in [0.4, 0.5) is 5.69 Å². The number of aliphatic imine (C=N–C) groups is 1. The number of carbonyl (C=O) groups excluding carboxylic acids is 2. The van der Waals surface area contributed by atoms with Gasteiger partial charge in [-0.25, -0.2) is 0 Å². The summed E-state index contributed by atoms with van der Waals surface area (Å²) in [5, 5.41) is 5.60. The van der Waals surface area contributed by atoms with Crippen molar-refractivity contribution in [3.63, 3.8) is 0 Å². The van der Waals surface area contributed by atoms with E-state index in [1.807, 2.05) is 6.92 Å². The van der Waals surface area contributed by atoms with Crippen LogP contribution in [-0.4, -0.2) is 43.0 Å². The second-order valence-electron chi connectivity index (χ2n) is 5.10. The molecular formula is C16H21N3O4S. The molecule has 8 heteroatoms. The number of hydrogen-bond acceptors (Lipinski definition) is 6. The van der Waals surface area contributed by atoms with Crippen LogP contribution >= 0.6 is 11.8 Å². The van der Waals surface area contributed by atoms with Crippen LogP contribution in [-0.2, 0) is 9.59 Å². The number of rotatable bonds is 7. The first-order valence-corrected chi connectivity index (χ1v) is 8.49. The molecule has 0 bridgehead atoms. The van der Waals surface area contributed by atoms with Crippen molar-refractivity contribution in [2.24, 2.45) is 4.99 Å². The summed E-state index contributed by atoms with van der Waals surface area (Å²) in [6.45, 7) is 2.67. The molecule has 0 unspecified atom stereocenters. The molecule has 1 fully saturated rings. The summed E-state index contributed by atoms with van der Waals surface area (Å²) in [7, 11) is 3.07. The summed E-state index contributed by atoms with van der Waals surface area (Å²) in [6.07, 6.45) is 0.986. The molecule has 1 aromatic rings. The molecule has 24 heavy (non-hydrogen) atoms. The zero-order valence-corrected chi connectivity index (χ0v) is 14.7. The first kappa shape index (κ1) is 18.1. The summed E-state index contributed by atoms with van der Waals surface area (Å²) in [6, 6.07) is 5.10. The number of nitrogens with one attached hydrogen (secondary N) is 2. The highest BCUT2D eigenvalue weighted by molar-refractivity contribution is 8.15. The summed E-state index contributed by atoms with van der Waals surface area (Å²) in [5.74, 6) is 0.680. The van der Waals surface area contributed by atoms with E-state index in [9.17, 15) is 9.59 Å². The normalized spacial score (nSPS) is 18.4. The van der Waals surface area contributed by atoms with E-state index >= 15 is 0 Å². The van der Waals surface area contributed by atoms with Gasteiger partial charge in [-0.1, -0.05) is 18.7 Å². The van der Waals surface area contributed by atoms with Crippen molar-refractivity contribution in [1.82, 2.24) is 5.32 Å². The van der Waals surface area contributed by atoms with Crippen LogP contribution in [0.25, 0.3) is 0 Å². The van der Waals surface area contributed by atoms with Crippen molar-refractivity contribution in [3.05, 3.63) is 18.2 Å². The van der Waals surface area contributed by atoms with Gasteiger partial charge in [-0.15, -0.1) is 0 Å². The minimum atomic E-state index is -0.458. The van der Waals surface area contributed by atoms with E-state index < -0.39 is 5.25 Å². The Bertz CT molecular complexity index is 648. The number of nitrogens with zero attached hydrogens (tertiary/aromatic N) is 1. The molecule has 2 N–H and O–H groups in total. The lowest BCUT2D eigenvalue weighted by Gasteiger charge is -2.11. The van der Waals surface area contributed by atoms with E-state index in [-0.39, 0.29) is 18.2 Å². The summed E-state index contributed by atoms with van der Waals surface area (Å²) in [4.78, 5) is 28.3. The number of methoxy groups -OCH3 is 2. The average molecular weight is 351 g/mol. The largest absolute Gasteiger partial charge is 0.493 e. The zero-order valence-electron chi connectivity index (χ0n) is 13.9. The lowest BCUT2D eigenvalue weighted by atomic mass is 10.2. The second kappa shape index (κ2) is 8.58. The first-order chi connectivity index (χ1) is 11.6. The molecule has 0 radical (unpaired) electrons. The minimum Gasteiger partial charge on any atom is -0.493 e. The fraction of sp³-hybridized carbons (Fsp3) is 0.438. The number of hydrogen-bond donors (Lipinski definition) is 2. The molecular weight excluding hydrogens is 330 g/mol. The maximum atomic E-state index is 12.2. The van der Waals surface area contributed by atoms with Gasteiger partial charge in [0.2, 0.25) is 11.8 Å². The Kier molecular flexibility index (Phi) is 6.48. The molecule has 1 saturated heterocycles. The molecule has 1 heterocycles. The van der Waals surface area contributed by atoms with Crippen molar-refractivity contribution < 1.29 is 19.1 Å². The first-order valence-electron chi connectivity index (χ1n) is 7.61. The van der Waals surface area contributed by atoms with Gasteiger partial charge in [-0.3, -0.25) is 14.6 Å². The van der Waals surface area contributed by atoms with Crippen LogP contribution in [0.2, 0.25) is 0 Å². The minimum absolute atomic E-state index is 0.0794. The Morgan fingerprint density at radius 2 is 2.08 bits per heavy atom. The zero-order chi connectivity index (χ0) is 17.5. The topological polar surface area (TPSA) is 89.0 Å². The molecule has 1 aliphatic rings. The summed E-state index contributed by atoms with van der Waals surface area (Å²) in [5.41, 5.74) is 0.584. The molecule has 130 valence electrons. The van der Waals surface area contributed by atoms with Gasteiger partial charge in [0.05, 0.1) is 14.2 Å². The molecule has 0 aromatic heterocycles. The Morgan fingerprint density at radius 1 is 1.33 bits per heavy atom. The maximum Gasteiger partial charge on any atom is 0.240 e. The predicted molar refractivity (Wildman–Crippen MR) is 94.9 cm³/mol. The molecule has 0 aliphatic carbocycles. The van der Waals surface area contributed by atoms with E-state index in [0.717, 1.165) is 6.42 Å². The number of anilines is 1. The van der Waals surface area contributed by atoms with Gasteiger partial charge in [0.15, 0.2) is 16.7 Å². The van der Waals surface area contributed by atoms with Gasteiger partial charge >= 0.3 is 0 Å². The predicted octanol–water partition coefficient (Wildman–Crippen LogP) is 2.03. The van der Waals surface area contributed by atoms with Crippen LogP contribution < -0.4 is 20.1 Å². The fourth-order valence-electron chi connectivity index (χ4n) is 2.12. The van der Waals surface area contributed by atoms with E-state index in [1.54, 1.807) is 25.3 Å². The third kappa shape index (κ3) is 4.64. The lowest BCUT2D eigenvalue weighted by molar-refractivity contribution is -0.122. The third-order valence-electron chi connectivity index (χ3n) is 3.29. The molecule has 1 aliphatic heterocycles. The number of amides is 2. The molecule has 7 nitrogen and oxygen atoms in total. The van der Waals surface area contributed by atoms with Crippen molar-refractivity contribution in [3.8, 4) is 11.5 Å². The highest BCUT2D eigenvalue weighted by Crippen LogP contribution is 2.30. The van der Waals surface area contributed by atoms with Crippen LogP contribution in [0.5, 0.6) is 11.5 Å². The summed E-state index contributed by atoms with van der Waals surface area (Å²) < 4.78 is 10.4. The van der Waals surface area contributed by atoms with Crippen molar-refractivity contribution in [2.45, 2.75) is 25.0 Å². The van der Waals surface area contributed by atoms with Crippen LogP contribution in [0, 0.1) is 0 Å². The second-order valence-corrected chi connectivity index (χ2v) is 6.30. The van der Waals surface area contributed by atoms with Gasteiger partial charge in [-0.05, 0) is 18.6 Å². The number of thioether (sulfide) groups is 1. The van der Waals surface area contributed by atoms with Gasteiger partial charge in [0, 0.05) is 24.7 Å². The quantitative estimate of drug-likeness (QED) is 0.785. The van der Waals surface area contributed by atoms with E-state index in [2.05, 4.69) is 15.6 Å². The van der Waals surface area contributed by atoms with Gasteiger partial charge < -0.3 is 20.1 Å². The van der Waals surface area contributed by atoms with Crippen molar-refractivity contribution >= 4 is 34.4 Å². The smallest absolute Gasteiger partial charge is 0.240 e. The monoisotopic (exact) mass is 351 g/mol. The highest BCUT2D eigenvalue weighted by atomic mass is 32.2. The Balaban J connectivity index is 1.95. The van der Waals surface area contributed by atoms with E-state index in [0.29, 0.717) is 28.9 Å². The van der Waals surface area contributed by atoms with Crippen molar-refractivity contribution in [1.29, 1.82) is 0 Å². The number of amidine groups is 1. The summed E-state index contributed by atoms with van der Waals surface area (Å²) >= 11 is 1.30. The SMILES string of the molecule is CCCN=C1NC(=O)[C@H](CC(=O)Nc2ccc(OC)c(OC)c2)S1. The molecule has 1 atom stereocenters. The van der Waals surface area contributed by atoms with E-state index in [4.69, 9.17) is 9.47 Å². The van der Waals surface area contributed by atoms with Crippen molar-refractivity contribution in [2.75, 3.05) is 26.1 Å². The highest BCUT2D eigenvalue weighted by Gasteiger charge is 2.31. The lowest BCUT2D eigenvalue weighted by Crippen LogP contribution is -2.28. The molecule has 2 amide bonds. The van der Waals surface area contributed by atoms with Crippen LogP contribution in [0.3, 0.4) is 0 Å². The fourth-order valence-corrected chi connectivity index (χ4v) is 3.12. The van der Waals surface area contributed by atoms with Gasteiger partial charge in [0.1, 0.15) is 5.25 Å². The van der Waals surface area contributed by atoms with Crippen LogP contribution in [0.15, 0.2) is 23.2 Å². The Labute approximate surface area is 145 Å². The number of carbonyl (C=O) groups is 2. The maximum absolute atomic E-state index is 12.2. The van der Waals surface area contributed by atoms with Gasteiger partial charge in [0.25, 0.3) is 0 Å². The molecule has 2 rings (SSSR count). The van der Waals surface area contributed by atoms with E-state index in [1.165, 1.54) is 18.9 Å². The molecule has 0 spiro atoms. The Hall–Kier alpha value is -2.22. The molecule has 1 aromatic carbocycles. The number of ether oxygens (including phenoxy) is 2. The Morgan fingerprint density at radius 3 is 2.75 bits per heavy atom. The standard InChI is InChI=1S/C16H21N3O4S/c1-4-7-17-16-19-15(21)13(24-16)9-14(20)18-10-5-6-11(22-2)12(8-10)23-3/h5-6,8,13H,4,7,9H2,1-3H3,(H,18,20)(H,17,19,21)/t13-/m0/s1. The van der Waals surface area contributed by atoms with Crippen LogP contribution in [0.1, 0.15) is 19.8 Å². The van der Waals surface area contributed by atoms with Gasteiger partial charge in [-0.2, -0.15) is 0 Å². The third-order valence-corrected chi connectivity index (χ3v) is 4.41. The average Bonchev–Trinajstić information content (AvgIpc) is 2.92. The number of benzene rings is 1.